The van der Waals surface area contributed by atoms with Gasteiger partial charge < -0.3 is 16.0 Å². The third-order valence-corrected chi connectivity index (χ3v) is 5.10. The van der Waals surface area contributed by atoms with Gasteiger partial charge in [0.1, 0.15) is 11.4 Å². The van der Waals surface area contributed by atoms with Crippen molar-refractivity contribution in [2.75, 3.05) is 19.6 Å². The van der Waals surface area contributed by atoms with Crippen molar-refractivity contribution in [3.63, 3.8) is 0 Å². The summed E-state index contributed by atoms with van der Waals surface area (Å²) < 4.78 is 12.8. The number of nitrogens with zero attached hydrogens (tertiary/aromatic N) is 1. The summed E-state index contributed by atoms with van der Waals surface area (Å²) in [6.07, 6.45) is 3.64. The molecule has 3 N–H and O–H groups in total. The summed E-state index contributed by atoms with van der Waals surface area (Å²) in [5, 5.41) is 7.88. The molecular weight excluding hydrogens is 367 g/mol. The van der Waals surface area contributed by atoms with E-state index in [1.54, 1.807) is 0 Å². The fourth-order valence-electron chi connectivity index (χ4n) is 3.59. The predicted octanol–water partition coefficient (Wildman–Crippen LogP) is 0.926. The molecule has 0 aromatic heterocycles. The molecule has 9 heteroatoms. The van der Waals surface area contributed by atoms with E-state index < -0.39 is 17.3 Å². The molecule has 8 nitrogen and oxygen atoms in total. The Kier molecular flexibility index (Phi) is 5.91. The number of rotatable bonds is 7. The van der Waals surface area contributed by atoms with Gasteiger partial charge in [-0.1, -0.05) is 12.8 Å². The van der Waals surface area contributed by atoms with E-state index in [0.717, 1.165) is 12.8 Å². The minimum atomic E-state index is -0.717. The van der Waals surface area contributed by atoms with Gasteiger partial charge in [0.15, 0.2) is 0 Å². The number of halogens is 1. The van der Waals surface area contributed by atoms with Gasteiger partial charge in [0.25, 0.3) is 11.8 Å². The second kappa shape index (κ2) is 8.37. The second-order valence-electron chi connectivity index (χ2n) is 7.07. The standard InChI is InChI=1S/C19H23FN4O4/c20-14-6-4-13(5-7-14)16(26)22-12-15(25)21-10-3-11-24-17(27)19(23-18(24)28)8-1-2-9-19/h4-7H,1-3,8-12H2,(H,21,25)(H,22,26)(H,23,28). The van der Waals surface area contributed by atoms with E-state index in [1.807, 2.05) is 0 Å². The molecule has 0 bridgehead atoms. The van der Waals surface area contributed by atoms with Gasteiger partial charge in [0.05, 0.1) is 6.54 Å². The number of nitrogens with one attached hydrogen (secondary N) is 3. The summed E-state index contributed by atoms with van der Waals surface area (Å²) in [5.74, 6) is -1.48. The summed E-state index contributed by atoms with van der Waals surface area (Å²) in [6, 6.07) is 4.63. The predicted molar refractivity (Wildman–Crippen MR) is 97.8 cm³/mol. The van der Waals surface area contributed by atoms with Crippen molar-refractivity contribution in [3.05, 3.63) is 35.6 Å². The highest BCUT2D eigenvalue weighted by Crippen LogP contribution is 2.34. The lowest BCUT2D eigenvalue weighted by atomic mass is 9.98. The number of hydrogen-bond donors (Lipinski definition) is 3. The summed E-state index contributed by atoms with van der Waals surface area (Å²) in [7, 11) is 0. The molecule has 1 heterocycles. The van der Waals surface area contributed by atoms with Crippen LogP contribution in [0.3, 0.4) is 0 Å². The molecule has 1 aliphatic carbocycles. The first-order valence-corrected chi connectivity index (χ1v) is 9.36. The van der Waals surface area contributed by atoms with Gasteiger partial charge in [-0.3, -0.25) is 19.3 Å². The Morgan fingerprint density at radius 2 is 1.79 bits per heavy atom. The first-order valence-electron chi connectivity index (χ1n) is 9.36. The molecule has 28 heavy (non-hydrogen) atoms. The molecular formula is C19H23FN4O4. The lowest BCUT2D eigenvalue weighted by molar-refractivity contribution is -0.131. The van der Waals surface area contributed by atoms with Gasteiger partial charge in [0.2, 0.25) is 5.91 Å². The first kappa shape index (κ1) is 19.8. The molecule has 0 unspecified atom stereocenters. The summed E-state index contributed by atoms with van der Waals surface area (Å²) >= 11 is 0. The number of hydrogen-bond acceptors (Lipinski definition) is 4. The lowest BCUT2D eigenvalue weighted by Gasteiger charge is -2.20. The molecule has 1 saturated carbocycles. The van der Waals surface area contributed by atoms with Crippen LogP contribution in [0, 0.1) is 5.82 Å². The van der Waals surface area contributed by atoms with E-state index in [0.29, 0.717) is 19.3 Å². The SMILES string of the molecule is O=C(CNC(=O)c1ccc(F)cc1)NCCCN1C(=O)NC2(CCCC2)C1=O. The second-order valence-corrected chi connectivity index (χ2v) is 7.07. The highest BCUT2D eigenvalue weighted by molar-refractivity contribution is 6.07. The van der Waals surface area contributed by atoms with Crippen LogP contribution < -0.4 is 16.0 Å². The average molecular weight is 390 g/mol. The maximum atomic E-state index is 12.8. The molecule has 2 fully saturated rings. The van der Waals surface area contributed by atoms with Crippen LogP contribution in [0.5, 0.6) is 0 Å². The zero-order valence-corrected chi connectivity index (χ0v) is 15.4. The average Bonchev–Trinajstić information content (AvgIpc) is 3.23. The number of imide groups is 1. The molecule has 1 spiro atoms. The normalized spacial score (nSPS) is 17.7. The minimum absolute atomic E-state index is 0.173. The molecule has 150 valence electrons. The van der Waals surface area contributed by atoms with Crippen LogP contribution in [0.15, 0.2) is 24.3 Å². The Hall–Kier alpha value is -2.97. The first-order chi connectivity index (χ1) is 13.4. The van der Waals surface area contributed by atoms with Gasteiger partial charge >= 0.3 is 6.03 Å². The van der Waals surface area contributed by atoms with Crippen molar-refractivity contribution < 1.29 is 23.6 Å². The minimum Gasteiger partial charge on any atom is -0.355 e. The molecule has 0 radical (unpaired) electrons. The number of amides is 5. The molecule has 1 aromatic carbocycles. The largest absolute Gasteiger partial charge is 0.355 e. The van der Waals surface area contributed by atoms with Crippen molar-refractivity contribution in [3.8, 4) is 0 Å². The van der Waals surface area contributed by atoms with Crippen LogP contribution in [0.4, 0.5) is 9.18 Å². The number of carbonyl (C=O) groups excluding carboxylic acids is 4. The van der Waals surface area contributed by atoms with Crippen molar-refractivity contribution >= 4 is 23.8 Å². The monoisotopic (exact) mass is 390 g/mol. The maximum Gasteiger partial charge on any atom is 0.325 e. The molecule has 1 saturated heterocycles. The van der Waals surface area contributed by atoms with Crippen LogP contribution in [-0.4, -0.2) is 53.8 Å². The Morgan fingerprint density at radius 1 is 1.11 bits per heavy atom. The summed E-state index contributed by atoms with van der Waals surface area (Å²) in [6.45, 7) is 0.284. The van der Waals surface area contributed by atoms with Crippen LogP contribution in [0.25, 0.3) is 0 Å². The smallest absolute Gasteiger partial charge is 0.325 e. The van der Waals surface area contributed by atoms with Gasteiger partial charge in [-0.25, -0.2) is 9.18 Å². The maximum absolute atomic E-state index is 12.8. The van der Waals surface area contributed by atoms with Gasteiger partial charge in [-0.2, -0.15) is 0 Å². The van der Waals surface area contributed by atoms with E-state index in [2.05, 4.69) is 16.0 Å². The number of benzene rings is 1. The molecule has 0 atom stereocenters. The lowest BCUT2D eigenvalue weighted by Crippen LogP contribution is -2.44. The van der Waals surface area contributed by atoms with Gasteiger partial charge in [-0.15, -0.1) is 0 Å². The zero-order chi connectivity index (χ0) is 20.1. The Morgan fingerprint density at radius 3 is 2.46 bits per heavy atom. The van der Waals surface area contributed by atoms with Crippen LogP contribution >= 0.6 is 0 Å². The Labute approximate surface area is 161 Å². The zero-order valence-electron chi connectivity index (χ0n) is 15.4. The molecule has 3 rings (SSSR count). The van der Waals surface area contributed by atoms with Crippen molar-refractivity contribution in [1.82, 2.24) is 20.9 Å². The van der Waals surface area contributed by atoms with E-state index >= 15 is 0 Å². The van der Waals surface area contributed by atoms with Crippen molar-refractivity contribution in [1.29, 1.82) is 0 Å². The van der Waals surface area contributed by atoms with Crippen LogP contribution in [-0.2, 0) is 9.59 Å². The fourth-order valence-corrected chi connectivity index (χ4v) is 3.59. The third kappa shape index (κ3) is 4.29. The molecule has 2 aliphatic rings. The molecule has 1 aliphatic heterocycles. The van der Waals surface area contributed by atoms with E-state index in [4.69, 9.17) is 0 Å². The molecule has 1 aromatic rings. The Bertz CT molecular complexity index is 775. The van der Waals surface area contributed by atoms with Crippen molar-refractivity contribution in [2.45, 2.75) is 37.6 Å². The number of carbonyl (C=O) groups is 4. The van der Waals surface area contributed by atoms with E-state index in [9.17, 15) is 23.6 Å². The fraction of sp³-hybridized carbons (Fsp3) is 0.474. The van der Waals surface area contributed by atoms with Crippen molar-refractivity contribution in [2.24, 2.45) is 0 Å². The topological polar surface area (TPSA) is 108 Å². The third-order valence-electron chi connectivity index (χ3n) is 5.10. The van der Waals surface area contributed by atoms with Crippen LogP contribution in [0.2, 0.25) is 0 Å². The van der Waals surface area contributed by atoms with E-state index in [-0.39, 0.29) is 43.0 Å². The molecule has 5 amide bonds. The van der Waals surface area contributed by atoms with Crippen LogP contribution in [0.1, 0.15) is 42.5 Å². The van der Waals surface area contributed by atoms with Gasteiger partial charge in [-0.05, 0) is 43.5 Å². The van der Waals surface area contributed by atoms with E-state index in [1.165, 1.54) is 29.2 Å². The van der Waals surface area contributed by atoms with Gasteiger partial charge in [0, 0.05) is 18.7 Å². The highest BCUT2D eigenvalue weighted by atomic mass is 19.1. The Balaban J connectivity index is 1.35. The quantitative estimate of drug-likeness (QED) is 0.475. The number of urea groups is 1. The highest BCUT2D eigenvalue weighted by Gasteiger charge is 2.51. The summed E-state index contributed by atoms with van der Waals surface area (Å²) in [4.78, 5) is 49.4. The summed E-state index contributed by atoms with van der Waals surface area (Å²) in [5.41, 5.74) is -0.459.